The van der Waals surface area contributed by atoms with E-state index < -0.39 is 6.03 Å². The highest BCUT2D eigenvalue weighted by Gasteiger charge is 2.03. The van der Waals surface area contributed by atoms with Gasteiger partial charge in [0.15, 0.2) is 6.29 Å². The van der Waals surface area contributed by atoms with Crippen molar-refractivity contribution in [3.63, 3.8) is 0 Å². The van der Waals surface area contributed by atoms with Crippen LogP contribution >= 0.6 is 0 Å². The van der Waals surface area contributed by atoms with E-state index in [1.165, 1.54) is 6.21 Å². The van der Waals surface area contributed by atoms with Gasteiger partial charge in [0.25, 0.3) is 0 Å². The smallest absolute Gasteiger partial charge is 0.338 e. The number of rotatable bonds is 7. The summed E-state index contributed by atoms with van der Waals surface area (Å²) in [6.07, 6.45) is 3.25. The van der Waals surface area contributed by atoms with Crippen LogP contribution in [0.2, 0.25) is 0 Å². The lowest BCUT2D eigenvalue weighted by atomic mass is 10.2. The van der Waals surface area contributed by atoms with Crippen LogP contribution in [0.4, 0.5) is 4.79 Å². The van der Waals surface area contributed by atoms with Gasteiger partial charge in [-0.25, -0.2) is 9.79 Å². The Kier molecular flexibility index (Phi) is 6.60. The first-order chi connectivity index (χ1) is 9.11. The van der Waals surface area contributed by atoms with E-state index in [1.54, 1.807) is 24.3 Å². The fraction of sp³-hybridized carbons (Fsp3) is 0.429. The minimum Gasteiger partial charge on any atom is -0.465 e. The van der Waals surface area contributed by atoms with Crippen LogP contribution in [-0.2, 0) is 4.74 Å². The Labute approximate surface area is 113 Å². The molecule has 2 N–H and O–H groups in total. The zero-order valence-electron chi connectivity index (χ0n) is 11.3. The molecule has 5 heteroatoms. The molecular weight excluding hydrogens is 244 g/mol. The first-order valence-corrected chi connectivity index (χ1v) is 6.33. The summed E-state index contributed by atoms with van der Waals surface area (Å²) in [4.78, 5) is 14.0. The highest BCUT2D eigenvalue weighted by atomic mass is 16.7. The van der Waals surface area contributed by atoms with Crippen molar-refractivity contribution >= 4 is 12.2 Å². The van der Waals surface area contributed by atoms with E-state index in [1.807, 2.05) is 6.92 Å². The van der Waals surface area contributed by atoms with Gasteiger partial charge in [-0.2, -0.15) is 0 Å². The number of aliphatic imine (C=N–C) groups is 1. The van der Waals surface area contributed by atoms with E-state index in [9.17, 15) is 4.79 Å². The molecule has 0 aromatic heterocycles. The van der Waals surface area contributed by atoms with Crippen LogP contribution in [0.25, 0.3) is 0 Å². The average Bonchev–Trinajstić information content (AvgIpc) is 2.38. The van der Waals surface area contributed by atoms with E-state index in [0.29, 0.717) is 12.4 Å². The molecule has 0 aliphatic heterocycles. The third kappa shape index (κ3) is 6.57. The third-order valence-corrected chi connectivity index (χ3v) is 2.37. The summed E-state index contributed by atoms with van der Waals surface area (Å²) in [7, 11) is 0. The quantitative estimate of drug-likeness (QED) is 0.467. The third-order valence-electron chi connectivity index (χ3n) is 2.37. The SMILES string of the molecule is CCCCOC(C)Oc1ccc(/C=N/C(N)=O)cc1. The number of hydrogen-bond acceptors (Lipinski definition) is 3. The molecule has 1 rings (SSSR count). The first-order valence-electron chi connectivity index (χ1n) is 6.33. The number of nitrogens with two attached hydrogens (primary N) is 1. The van der Waals surface area contributed by atoms with Crippen LogP contribution in [0.15, 0.2) is 29.3 Å². The molecule has 1 aromatic carbocycles. The summed E-state index contributed by atoms with van der Waals surface area (Å²) < 4.78 is 11.1. The fourth-order valence-electron chi connectivity index (χ4n) is 1.39. The number of carbonyl (C=O) groups is 1. The highest BCUT2D eigenvalue weighted by molar-refractivity contribution is 5.90. The largest absolute Gasteiger partial charge is 0.465 e. The van der Waals surface area contributed by atoms with Gasteiger partial charge in [-0.3, -0.25) is 0 Å². The molecule has 0 spiro atoms. The minimum atomic E-state index is -0.710. The Morgan fingerprint density at radius 1 is 1.42 bits per heavy atom. The van der Waals surface area contributed by atoms with Gasteiger partial charge in [0.1, 0.15) is 5.75 Å². The highest BCUT2D eigenvalue weighted by Crippen LogP contribution is 2.13. The number of hydrogen-bond donors (Lipinski definition) is 1. The number of carbonyl (C=O) groups excluding carboxylic acids is 1. The van der Waals surface area contributed by atoms with Gasteiger partial charge in [0.05, 0.1) is 6.61 Å². The fourth-order valence-corrected chi connectivity index (χ4v) is 1.39. The summed E-state index contributed by atoms with van der Waals surface area (Å²) in [5, 5.41) is 0. The second-order valence-electron chi connectivity index (χ2n) is 4.08. The summed E-state index contributed by atoms with van der Waals surface area (Å²) in [5.74, 6) is 0.709. The Bertz CT molecular complexity index is 415. The van der Waals surface area contributed by atoms with Crippen LogP contribution in [0.3, 0.4) is 0 Å². The predicted molar refractivity (Wildman–Crippen MR) is 74.6 cm³/mol. The maximum atomic E-state index is 10.5. The van der Waals surface area contributed by atoms with Gasteiger partial charge in [0.2, 0.25) is 0 Å². The molecule has 0 saturated heterocycles. The second-order valence-corrected chi connectivity index (χ2v) is 4.08. The molecule has 0 bridgehead atoms. The molecule has 1 atom stereocenters. The molecule has 0 radical (unpaired) electrons. The molecule has 0 fully saturated rings. The van der Waals surface area contributed by atoms with Crippen molar-refractivity contribution in [2.45, 2.75) is 33.0 Å². The van der Waals surface area contributed by atoms with Gasteiger partial charge >= 0.3 is 6.03 Å². The number of primary amides is 1. The molecule has 0 aliphatic rings. The Hall–Kier alpha value is -1.88. The predicted octanol–water partition coefficient (Wildman–Crippen LogP) is 2.73. The van der Waals surface area contributed by atoms with Crippen molar-refractivity contribution in [2.24, 2.45) is 10.7 Å². The lowest BCUT2D eigenvalue weighted by Crippen LogP contribution is -2.16. The van der Waals surface area contributed by atoms with E-state index in [2.05, 4.69) is 11.9 Å². The zero-order valence-corrected chi connectivity index (χ0v) is 11.3. The molecule has 104 valence electrons. The standard InChI is InChI=1S/C14H20N2O3/c1-3-4-9-18-11(2)19-13-7-5-12(6-8-13)10-16-14(15)17/h5-8,10-11H,3-4,9H2,1-2H3,(H2,15,17)/b16-10+. The maximum Gasteiger partial charge on any atom is 0.338 e. The van der Waals surface area contributed by atoms with Crippen LogP contribution in [0, 0.1) is 0 Å². The van der Waals surface area contributed by atoms with Crippen molar-refractivity contribution < 1.29 is 14.3 Å². The normalized spacial score (nSPS) is 12.5. The summed E-state index contributed by atoms with van der Waals surface area (Å²) in [6.45, 7) is 4.67. The monoisotopic (exact) mass is 264 g/mol. The van der Waals surface area contributed by atoms with Crippen LogP contribution < -0.4 is 10.5 Å². The number of nitrogens with zero attached hydrogens (tertiary/aromatic N) is 1. The number of urea groups is 1. The van der Waals surface area contributed by atoms with Crippen molar-refractivity contribution in [1.29, 1.82) is 0 Å². The lowest BCUT2D eigenvalue weighted by Gasteiger charge is -2.15. The number of amides is 2. The Morgan fingerprint density at radius 3 is 2.68 bits per heavy atom. The second kappa shape index (κ2) is 8.26. The summed E-state index contributed by atoms with van der Waals surface area (Å²) >= 11 is 0. The number of unbranched alkanes of at least 4 members (excludes halogenated alkanes) is 1. The zero-order chi connectivity index (χ0) is 14.1. The molecule has 0 heterocycles. The van der Waals surface area contributed by atoms with Crippen LogP contribution in [0.5, 0.6) is 5.75 Å². The Balaban J connectivity index is 2.45. The van der Waals surface area contributed by atoms with Gasteiger partial charge in [-0.1, -0.05) is 13.3 Å². The van der Waals surface area contributed by atoms with E-state index in [0.717, 1.165) is 18.4 Å². The van der Waals surface area contributed by atoms with Gasteiger partial charge in [0, 0.05) is 6.21 Å². The molecule has 0 saturated carbocycles. The molecule has 1 unspecified atom stereocenters. The topological polar surface area (TPSA) is 73.9 Å². The molecule has 5 nitrogen and oxygen atoms in total. The van der Waals surface area contributed by atoms with Crippen molar-refractivity contribution in [3.8, 4) is 5.75 Å². The van der Waals surface area contributed by atoms with Crippen molar-refractivity contribution in [3.05, 3.63) is 29.8 Å². The Morgan fingerprint density at radius 2 is 2.11 bits per heavy atom. The van der Waals surface area contributed by atoms with E-state index in [-0.39, 0.29) is 6.29 Å². The molecule has 2 amide bonds. The van der Waals surface area contributed by atoms with Crippen molar-refractivity contribution in [2.75, 3.05) is 6.61 Å². The number of ether oxygens (including phenoxy) is 2. The molecule has 0 aliphatic carbocycles. The van der Waals surface area contributed by atoms with Crippen LogP contribution in [0.1, 0.15) is 32.3 Å². The van der Waals surface area contributed by atoms with Gasteiger partial charge in [-0.15, -0.1) is 0 Å². The molecule has 1 aromatic rings. The van der Waals surface area contributed by atoms with E-state index >= 15 is 0 Å². The number of benzene rings is 1. The van der Waals surface area contributed by atoms with Gasteiger partial charge < -0.3 is 15.2 Å². The average molecular weight is 264 g/mol. The first kappa shape index (κ1) is 15.2. The van der Waals surface area contributed by atoms with Crippen LogP contribution in [-0.4, -0.2) is 25.1 Å². The molecular formula is C14H20N2O3. The summed E-state index contributed by atoms with van der Waals surface area (Å²) in [6, 6.07) is 6.46. The molecule has 19 heavy (non-hydrogen) atoms. The van der Waals surface area contributed by atoms with Gasteiger partial charge in [-0.05, 0) is 43.2 Å². The minimum absolute atomic E-state index is 0.281. The van der Waals surface area contributed by atoms with E-state index in [4.69, 9.17) is 15.2 Å². The summed E-state index contributed by atoms with van der Waals surface area (Å²) in [5.41, 5.74) is 5.70. The van der Waals surface area contributed by atoms with Crippen molar-refractivity contribution in [1.82, 2.24) is 0 Å². The maximum absolute atomic E-state index is 10.5. The lowest BCUT2D eigenvalue weighted by molar-refractivity contribution is -0.0673.